The minimum Gasteiger partial charge on any atom is -0.403 e. The van der Waals surface area contributed by atoms with Gasteiger partial charge in [0.2, 0.25) is 0 Å². The van der Waals surface area contributed by atoms with Crippen molar-refractivity contribution in [1.82, 2.24) is 4.98 Å². The van der Waals surface area contributed by atoms with Crippen LogP contribution in [0.1, 0.15) is 16.1 Å². The number of carbonyl (C=O) groups is 1. The van der Waals surface area contributed by atoms with Crippen LogP contribution in [0.25, 0.3) is 0 Å². The van der Waals surface area contributed by atoms with E-state index >= 15 is 0 Å². The average Bonchev–Trinajstić information content (AvgIpc) is 2.18. The Morgan fingerprint density at radius 2 is 2.12 bits per heavy atom. The number of ether oxygens (including phenoxy) is 1. The van der Waals surface area contributed by atoms with Crippen LogP contribution in [0.2, 0.25) is 0 Å². The Hall–Kier alpha value is -1.31. The molecule has 0 spiro atoms. The molecule has 0 bridgehead atoms. The van der Waals surface area contributed by atoms with Gasteiger partial charge in [0.1, 0.15) is 5.69 Å². The van der Waals surface area contributed by atoms with Crippen LogP contribution in [-0.4, -0.2) is 17.6 Å². The van der Waals surface area contributed by atoms with Crippen LogP contribution in [0.4, 0.5) is 13.2 Å². The van der Waals surface area contributed by atoms with E-state index in [4.69, 9.17) is 0 Å². The molecule has 0 saturated carbocycles. The van der Waals surface area contributed by atoms with Crippen molar-refractivity contribution < 1.29 is 22.7 Å². The van der Waals surface area contributed by atoms with Crippen molar-refractivity contribution in [3.63, 3.8) is 0 Å². The quantitative estimate of drug-likeness (QED) is 0.686. The molecule has 0 aliphatic heterocycles. The summed E-state index contributed by atoms with van der Waals surface area (Å²) in [5.41, 5.74) is -1.16. The van der Waals surface area contributed by atoms with Gasteiger partial charge in [-0.1, -0.05) is 15.9 Å². The van der Waals surface area contributed by atoms with Crippen LogP contribution >= 0.6 is 15.9 Å². The van der Waals surface area contributed by atoms with Gasteiger partial charge in [-0.2, -0.15) is 0 Å². The third-order valence-electron chi connectivity index (χ3n) is 1.60. The number of aromatic nitrogens is 1. The van der Waals surface area contributed by atoms with Crippen LogP contribution in [0.15, 0.2) is 10.9 Å². The molecular weight excluding hydrogens is 295 g/mol. The molecule has 8 heteroatoms. The largest absolute Gasteiger partial charge is 0.573 e. The predicted molar refractivity (Wildman–Crippen MR) is 51.8 cm³/mol. The fourth-order valence-corrected chi connectivity index (χ4v) is 1.38. The Morgan fingerprint density at radius 3 is 2.56 bits per heavy atom. The fraction of sp³-hybridized carbons (Fsp3) is 0.250. The zero-order valence-electron chi connectivity index (χ0n) is 7.60. The Labute approximate surface area is 95.5 Å². The van der Waals surface area contributed by atoms with Crippen LogP contribution in [-0.2, 0) is 5.33 Å². The number of pyridine rings is 1. The lowest BCUT2D eigenvalue weighted by Crippen LogP contribution is -2.21. The van der Waals surface area contributed by atoms with Crippen LogP contribution < -0.4 is 10.3 Å². The Morgan fingerprint density at radius 1 is 1.50 bits per heavy atom. The topological polar surface area (TPSA) is 59.2 Å². The average molecular weight is 300 g/mol. The highest BCUT2D eigenvalue weighted by Crippen LogP contribution is 2.24. The molecule has 88 valence electrons. The molecule has 1 heterocycles. The van der Waals surface area contributed by atoms with E-state index < -0.39 is 23.4 Å². The minimum atomic E-state index is -4.92. The van der Waals surface area contributed by atoms with E-state index in [-0.39, 0.29) is 17.2 Å². The summed E-state index contributed by atoms with van der Waals surface area (Å²) < 4.78 is 39.5. The standard InChI is InChI=1S/C8H5BrF3NO3/c9-2-4-1-6(16-8(10,11)12)5(3-14)13-7(4)15/h1,3H,2H2,(H,13,15). The summed E-state index contributed by atoms with van der Waals surface area (Å²) in [6, 6.07) is 0.866. The molecule has 1 N–H and O–H groups in total. The first-order chi connectivity index (χ1) is 7.37. The van der Waals surface area contributed by atoms with Gasteiger partial charge in [-0.05, 0) is 6.07 Å². The number of aldehydes is 1. The molecule has 0 aromatic carbocycles. The van der Waals surface area contributed by atoms with Crippen molar-refractivity contribution in [2.45, 2.75) is 11.7 Å². The molecule has 0 fully saturated rings. The van der Waals surface area contributed by atoms with Crippen LogP contribution in [0.5, 0.6) is 5.75 Å². The first-order valence-corrected chi connectivity index (χ1v) is 5.02. The molecule has 0 radical (unpaired) electrons. The molecule has 16 heavy (non-hydrogen) atoms. The molecular formula is C8H5BrF3NO3. The highest BCUT2D eigenvalue weighted by atomic mass is 79.9. The second-order valence-electron chi connectivity index (χ2n) is 2.70. The summed E-state index contributed by atoms with van der Waals surface area (Å²) in [6.07, 6.45) is -4.83. The molecule has 4 nitrogen and oxygen atoms in total. The van der Waals surface area contributed by atoms with E-state index in [9.17, 15) is 22.8 Å². The molecule has 1 rings (SSSR count). The van der Waals surface area contributed by atoms with Crippen molar-refractivity contribution >= 4 is 22.2 Å². The maximum absolute atomic E-state index is 12.0. The maximum Gasteiger partial charge on any atom is 0.573 e. The SMILES string of the molecule is O=Cc1[nH]c(=O)c(CBr)cc1OC(F)(F)F. The number of hydrogen-bond acceptors (Lipinski definition) is 3. The van der Waals surface area contributed by atoms with E-state index in [1.807, 2.05) is 4.98 Å². The first kappa shape index (κ1) is 12.8. The summed E-state index contributed by atoms with van der Waals surface area (Å²) in [5, 5.41) is 0.0513. The number of aromatic amines is 1. The van der Waals surface area contributed by atoms with Gasteiger partial charge in [-0.3, -0.25) is 9.59 Å². The number of carbonyl (C=O) groups excluding carboxylic acids is 1. The fourth-order valence-electron chi connectivity index (χ4n) is 0.962. The zero-order chi connectivity index (χ0) is 12.3. The third-order valence-corrected chi connectivity index (χ3v) is 2.20. The van der Waals surface area contributed by atoms with Gasteiger partial charge < -0.3 is 9.72 Å². The van der Waals surface area contributed by atoms with Gasteiger partial charge in [0, 0.05) is 10.9 Å². The number of halogens is 4. The van der Waals surface area contributed by atoms with Crippen molar-refractivity contribution in [1.29, 1.82) is 0 Å². The van der Waals surface area contributed by atoms with Crippen molar-refractivity contribution in [2.75, 3.05) is 0 Å². The first-order valence-electron chi connectivity index (χ1n) is 3.90. The zero-order valence-corrected chi connectivity index (χ0v) is 9.18. The second-order valence-corrected chi connectivity index (χ2v) is 3.26. The molecule has 1 aromatic rings. The molecule has 0 atom stereocenters. The van der Waals surface area contributed by atoms with Gasteiger partial charge in [-0.15, -0.1) is 13.2 Å². The highest BCUT2D eigenvalue weighted by molar-refractivity contribution is 9.08. The Kier molecular flexibility index (Phi) is 3.74. The van der Waals surface area contributed by atoms with E-state index in [0.29, 0.717) is 0 Å². The third kappa shape index (κ3) is 3.09. The molecule has 0 saturated heterocycles. The summed E-state index contributed by atoms with van der Waals surface area (Å²) in [6.45, 7) is 0. The van der Waals surface area contributed by atoms with Crippen molar-refractivity contribution in [3.8, 4) is 5.75 Å². The molecule has 0 aliphatic rings. The number of H-pyrrole nitrogens is 1. The normalized spacial score (nSPS) is 11.2. The number of rotatable bonds is 3. The van der Waals surface area contributed by atoms with Gasteiger partial charge >= 0.3 is 6.36 Å². The second kappa shape index (κ2) is 4.69. The lowest BCUT2D eigenvalue weighted by atomic mass is 10.2. The van der Waals surface area contributed by atoms with Crippen LogP contribution in [0, 0.1) is 0 Å². The lowest BCUT2D eigenvalue weighted by Gasteiger charge is -2.10. The monoisotopic (exact) mass is 299 g/mol. The minimum absolute atomic E-state index is 0.0323. The van der Waals surface area contributed by atoms with E-state index in [1.165, 1.54) is 0 Å². The van der Waals surface area contributed by atoms with Crippen molar-refractivity contribution in [2.24, 2.45) is 0 Å². The maximum atomic E-state index is 12.0. The Balaban J connectivity index is 3.25. The van der Waals surface area contributed by atoms with Gasteiger partial charge in [0.05, 0.1) is 0 Å². The van der Waals surface area contributed by atoms with Crippen molar-refractivity contribution in [3.05, 3.63) is 27.7 Å². The lowest BCUT2D eigenvalue weighted by molar-refractivity contribution is -0.274. The molecule has 0 aliphatic carbocycles. The van der Waals surface area contributed by atoms with Gasteiger partial charge in [0.15, 0.2) is 12.0 Å². The van der Waals surface area contributed by atoms with E-state index in [2.05, 4.69) is 20.7 Å². The summed E-state index contributed by atoms with van der Waals surface area (Å²) in [7, 11) is 0. The van der Waals surface area contributed by atoms with E-state index in [0.717, 1.165) is 6.07 Å². The van der Waals surface area contributed by atoms with Crippen LogP contribution in [0.3, 0.4) is 0 Å². The number of alkyl halides is 4. The van der Waals surface area contributed by atoms with Gasteiger partial charge in [0.25, 0.3) is 5.56 Å². The molecule has 0 amide bonds. The molecule has 1 aromatic heterocycles. The number of nitrogens with one attached hydrogen (secondary N) is 1. The summed E-state index contributed by atoms with van der Waals surface area (Å²) >= 11 is 2.92. The smallest absolute Gasteiger partial charge is 0.403 e. The highest BCUT2D eigenvalue weighted by Gasteiger charge is 2.32. The number of hydrogen-bond donors (Lipinski definition) is 1. The predicted octanol–water partition coefficient (Wildman–Crippen LogP) is 1.98. The Bertz CT molecular complexity index is 455. The molecule has 0 unspecified atom stereocenters. The van der Waals surface area contributed by atoms with E-state index in [1.54, 1.807) is 0 Å². The summed E-state index contributed by atoms with van der Waals surface area (Å²) in [4.78, 5) is 23.6. The van der Waals surface area contributed by atoms with Gasteiger partial charge in [-0.25, -0.2) is 0 Å². The summed E-state index contributed by atoms with van der Waals surface area (Å²) in [5.74, 6) is -0.725.